The number of likely N-dealkylation sites (tertiary alicyclic amines) is 2. The molecule has 0 aliphatic carbocycles. The number of aromatic nitrogens is 2. The zero-order chi connectivity index (χ0) is 39.6. The number of rotatable bonds is 13. The minimum Gasteiger partial charge on any atom is -0.496 e. The summed E-state index contributed by atoms with van der Waals surface area (Å²) >= 11 is 3.41. The van der Waals surface area contributed by atoms with E-state index in [1.807, 2.05) is 59.2 Å². The van der Waals surface area contributed by atoms with Crippen LogP contribution in [0.4, 0.5) is 8.78 Å². The lowest BCUT2D eigenvalue weighted by Gasteiger charge is -2.32. The van der Waals surface area contributed by atoms with Gasteiger partial charge >= 0.3 is 5.69 Å². The van der Waals surface area contributed by atoms with Crippen molar-refractivity contribution in [3.05, 3.63) is 128 Å². The Balaban J connectivity index is 0.000000209. The number of likely N-dealkylation sites (N-methyl/N-ethyl adjacent to an activating group) is 1. The summed E-state index contributed by atoms with van der Waals surface area (Å²) in [5.74, 6) is 0.436. The van der Waals surface area contributed by atoms with Crippen LogP contribution in [-0.2, 0) is 0 Å². The van der Waals surface area contributed by atoms with Crippen LogP contribution < -0.4 is 20.5 Å². The quantitative estimate of drug-likeness (QED) is 0.124. The molecule has 7 rings (SSSR count). The Morgan fingerprint density at radius 1 is 0.893 bits per heavy atom. The van der Waals surface area contributed by atoms with E-state index in [2.05, 4.69) is 43.0 Å². The Morgan fingerprint density at radius 2 is 1.55 bits per heavy atom. The lowest BCUT2D eigenvalue weighted by atomic mass is 9.87. The molecule has 2 aliphatic rings. The van der Waals surface area contributed by atoms with Crippen molar-refractivity contribution in [3.8, 4) is 11.5 Å². The van der Waals surface area contributed by atoms with Crippen LogP contribution >= 0.6 is 15.9 Å². The van der Waals surface area contributed by atoms with Crippen molar-refractivity contribution in [3.63, 3.8) is 0 Å². The fraction of sp³-hybridized carbons (Fsp3) is 0.409. The van der Waals surface area contributed by atoms with E-state index in [-0.39, 0.29) is 35.2 Å². The Kier molecular flexibility index (Phi) is 14.4. The van der Waals surface area contributed by atoms with E-state index < -0.39 is 0 Å². The van der Waals surface area contributed by atoms with Crippen LogP contribution in [0.2, 0.25) is 0 Å². The third-order valence-corrected chi connectivity index (χ3v) is 11.8. The molecule has 2 aliphatic heterocycles. The highest BCUT2D eigenvalue weighted by molar-refractivity contribution is 9.10. The smallest absolute Gasteiger partial charge is 0.326 e. The lowest BCUT2D eigenvalue weighted by molar-refractivity contribution is 0.0935. The molecule has 0 unspecified atom stereocenters. The Labute approximate surface area is 336 Å². The number of fused-ring (bicyclic) bond motifs is 1. The summed E-state index contributed by atoms with van der Waals surface area (Å²) in [6, 6.07) is 25.3. The first-order valence-electron chi connectivity index (χ1n) is 19.6. The van der Waals surface area contributed by atoms with Gasteiger partial charge in [0.05, 0.1) is 29.7 Å². The molecule has 3 heterocycles. The molecule has 2 fully saturated rings. The molecule has 0 bridgehead atoms. The van der Waals surface area contributed by atoms with Gasteiger partial charge in [-0.15, -0.1) is 0 Å². The Morgan fingerprint density at radius 3 is 2.18 bits per heavy atom. The molecule has 9 nitrogen and oxygen atoms in total. The van der Waals surface area contributed by atoms with Crippen molar-refractivity contribution in [2.24, 2.45) is 0 Å². The fourth-order valence-corrected chi connectivity index (χ4v) is 8.73. The van der Waals surface area contributed by atoms with E-state index in [4.69, 9.17) is 9.47 Å². The topological polar surface area (TPSA) is 91.8 Å². The van der Waals surface area contributed by atoms with Crippen LogP contribution in [0.15, 0.2) is 94.2 Å². The number of ether oxygens (including phenoxy) is 2. The first-order chi connectivity index (χ1) is 27.2. The number of piperidine rings is 1. The van der Waals surface area contributed by atoms with Gasteiger partial charge in [0, 0.05) is 37.6 Å². The number of hydrogen-bond acceptors (Lipinski definition) is 6. The van der Waals surface area contributed by atoms with Crippen molar-refractivity contribution >= 4 is 32.9 Å². The third-order valence-electron chi connectivity index (χ3n) is 11.2. The second kappa shape index (κ2) is 19.6. The maximum Gasteiger partial charge on any atom is 0.326 e. The van der Waals surface area contributed by atoms with Crippen LogP contribution in [0.25, 0.3) is 11.0 Å². The summed E-state index contributed by atoms with van der Waals surface area (Å²) in [5, 5.41) is 3.02. The molecule has 5 aromatic rings. The highest BCUT2D eigenvalue weighted by Gasteiger charge is 2.27. The predicted octanol–water partition coefficient (Wildman–Crippen LogP) is 8.54. The van der Waals surface area contributed by atoms with Crippen molar-refractivity contribution in [2.45, 2.75) is 63.5 Å². The first kappa shape index (κ1) is 41.1. The van der Waals surface area contributed by atoms with Crippen molar-refractivity contribution in [1.82, 2.24) is 24.7 Å². The number of benzene rings is 4. The van der Waals surface area contributed by atoms with Crippen LogP contribution in [0.1, 0.15) is 78.9 Å². The summed E-state index contributed by atoms with van der Waals surface area (Å²) < 4.78 is 40.2. The average molecular weight is 833 g/mol. The summed E-state index contributed by atoms with van der Waals surface area (Å²) in [5.41, 5.74) is 4.37. The second-order valence-corrected chi connectivity index (χ2v) is 15.3. The van der Waals surface area contributed by atoms with Gasteiger partial charge in [-0.3, -0.25) is 14.3 Å². The Bertz CT molecular complexity index is 2050. The molecule has 1 amide bonds. The van der Waals surface area contributed by atoms with Gasteiger partial charge in [0.25, 0.3) is 5.91 Å². The van der Waals surface area contributed by atoms with E-state index in [0.29, 0.717) is 29.6 Å². The van der Waals surface area contributed by atoms with Gasteiger partial charge in [-0.2, -0.15) is 0 Å². The molecular formula is C44H52BrF2N5O4. The molecule has 0 saturated carbocycles. The predicted molar refractivity (Wildman–Crippen MR) is 221 cm³/mol. The minimum absolute atomic E-state index is 0.0268. The van der Waals surface area contributed by atoms with Crippen molar-refractivity contribution in [2.75, 3.05) is 53.5 Å². The van der Waals surface area contributed by atoms with E-state index in [9.17, 15) is 18.4 Å². The normalized spacial score (nSPS) is 16.5. The number of nitrogens with zero attached hydrogens (tertiary/aromatic N) is 3. The van der Waals surface area contributed by atoms with E-state index in [0.717, 1.165) is 91.5 Å². The van der Waals surface area contributed by atoms with E-state index >= 15 is 0 Å². The number of H-pyrrole nitrogens is 1. The number of amides is 1. The molecule has 0 radical (unpaired) electrons. The number of para-hydroxylation sites is 2. The zero-order valence-electron chi connectivity index (χ0n) is 32.4. The molecule has 4 aromatic carbocycles. The van der Waals surface area contributed by atoms with E-state index in [1.165, 1.54) is 30.7 Å². The lowest BCUT2D eigenvalue weighted by Crippen LogP contribution is -2.40. The van der Waals surface area contributed by atoms with Crippen LogP contribution in [0.3, 0.4) is 0 Å². The summed E-state index contributed by atoms with van der Waals surface area (Å²) in [6.07, 6.45) is 6.09. The van der Waals surface area contributed by atoms with Crippen LogP contribution in [-0.4, -0.2) is 84.8 Å². The van der Waals surface area contributed by atoms with Crippen LogP contribution in [0.5, 0.6) is 11.5 Å². The number of nitrogens with one attached hydrogen (secondary N) is 2. The maximum atomic E-state index is 13.5. The molecule has 2 saturated heterocycles. The van der Waals surface area contributed by atoms with Gasteiger partial charge < -0.3 is 24.7 Å². The molecule has 0 spiro atoms. The molecule has 2 N–H and O–H groups in total. The summed E-state index contributed by atoms with van der Waals surface area (Å²) in [7, 11) is 3.10. The van der Waals surface area contributed by atoms with Crippen LogP contribution in [0, 0.1) is 11.6 Å². The highest BCUT2D eigenvalue weighted by atomic mass is 79.9. The van der Waals surface area contributed by atoms with Gasteiger partial charge in [-0.1, -0.05) is 43.3 Å². The van der Waals surface area contributed by atoms with E-state index in [1.54, 1.807) is 20.3 Å². The minimum atomic E-state index is -0.251. The average Bonchev–Trinajstić information content (AvgIpc) is 3.83. The summed E-state index contributed by atoms with van der Waals surface area (Å²) in [4.78, 5) is 32.9. The standard InChI is InChI=1S/C28H29F2N3O.C16H23BrN2O3/c29-22-11-7-20(8-12-22)25(21-9-13-23(30)14-10-21)4-3-17-32-18-15-24(16-19-32)33-27-6-2-1-5-26(27)31-28(33)34;1-4-19-9-5-6-11(19)10-18-16(20)14-13(21-2)8-7-12(17)15(14)22-3/h1-2,5-14,24-25H,3-4,15-19H2,(H,31,34);7-8,11H,4-6,9-10H2,1-3H3,(H,18,20)/t;11-/m.0/s1. The maximum absolute atomic E-state index is 13.5. The van der Waals surface area contributed by atoms with Gasteiger partial charge in [-0.05, 0) is 134 Å². The number of carbonyl (C=O) groups excluding carboxylic acids is 1. The van der Waals surface area contributed by atoms with Crippen molar-refractivity contribution < 1.29 is 23.0 Å². The third kappa shape index (κ3) is 9.88. The zero-order valence-corrected chi connectivity index (χ0v) is 34.0. The number of halogens is 3. The molecule has 12 heteroatoms. The second-order valence-electron chi connectivity index (χ2n) is 14.5. The largest absolute Gasteiger partial charge is 0.496 e. The number of hydrogen-bond donors (Lipinski definition) is 2. The SMILES string of the molecule is CCN1CCC[C@H]1CNC(=O)c1c(OC)ccc(Br)c1OC.O=c1[nH]c2ccccc2n1C1CCN(CCCC(c2ccc(F)cc2)c2ccc(F)cc2)CC1. The number of methoxy groups -OCH3 is 2. The monoisotopic (exact) mass is 831 g/mol. The van der Waals surface area contributed by atoms with Crippen molar-refractivity contribution in [1.29, 1.82) is 0 Å². The number of carbonyl (C=O) groups is 1. The first-order valence-corrected chi connectivity index (χ1v) is 20.3. The fourth-order valence-electron chi connectivity index (χ4n) is 8.24. The Hall–Kier alpha value is -4.52. The van der Waals surface area contributed by atoms with Gasteiger partial charge in [0.1, 0.15) is 28.7 Å². The molecule has 1 atom stereocenters. The summed E-state index contributed by atoms with van der Waals surface area (Å²) in [6.45, 7) is 7.80. The van der Waals surface area contributed by atoms with Gasteiger partial charge in [0.15, 0.2) is 0 Å². The molecule has 56 heavy (non-hydrogen) atoms. The molecule has 1 aromatic heterocycles. The van der Waals surface area contributed by atoms with Gasteiger partial charge in [-0.25, -0.2) is 13.6 Å². The number of imidazole rings is 1. The molecular weight excluding hydrogens is 780 g/mol. The number of aromatic amines is 1. The molecule has 298 valence electrons. The highest BCUT2D eigenvalue weighted by Crippen LogP contribution is 2.36. The van der Waals surface area contributed by atoms with Gasteiger partial charge in [0.2, 0.25) is 0 Å².